The average molecular weight is 251 g/mol. The second-order valence-corrected chi connectivity index (χ2v) is 5.97. The number of piperidine rings is 1. The fourth-order valence-corrected chi connectivity index (χ4v) is 3.90. The van der Waals surface area contributed by atoms with Crippen molar-refractivity contribution >= 4 is 6.03 Å². The molecule has 0 radical (unpaired) electrons. The normalized spacial score (nSPS) is 33.1. The number of hydrogen-bond acceptors (Lipinski definition) is 2. The van der Waals surface area contributed by atoms with E-state index in [1.54, 1.807) is 0 Å². The molecule has 3 aliphatic rings. The minimum atomic E-state index is 0.313. The first-order chi connectivity index (χ1) is 8.86. The van der Waals surface area contributed by atoms with E-state index in [0.29, 0.717) is 12.1 Å². The van der Waals surface area contributed by atoms with Crippen LogP contribution in [0, 0.1) is 5.92 Å². The lowest BCUT2D eigenvalue weighted by Gasteiger charge is -2.46. The third-order valence-corrected chi connectivity index (χ3v) is 4.88. The summed E-state index contributed by atoms with van der Waals surface area (Å²) < 4.78 is 0. The maximum absolute atomic E-state index is 12.6. The van der Waals surface area contributed by atoms with Gasteiger partial charge < -0.3 is 15.1 Å². The average Bonchev–Trinajstić information content (AvgIpc) is 2.47. The van der Waals surface area contributed by atoms with Crippen molar-refractivity contribution in [3.8, 4) is 0 Å². The number of urea groups is 1. The third kappa shape index (κ3) is 2.35. The maximum atomic E-state index is 12.6. The van der Waals surface area contributed by atoms with E-state index < -0.39 is 0 Å². The Bertz CT molecular complexity index is 299. The highest BCUT2D eigenvalue weighted by Gasteiger charge is 2.37. The summed E-state index contributed by atoms with van der Waals surface area (Å²) in [5, 5.41) is 3.32. The molecule has 18 heavy (non-hydrogen) atoms. The Morgan fingerprint density at radius 2 is 1.67 bits per heavy atom. The van der Waals surface area contributed by atoms with Crippen LogP contribution in [-0.2, 0) is 0 Å². The van der Waals surface area contributed by atoms with Crippen molar-refractivity contribution in [2.75, 3.05) is 32.7 Å². The summed E-state index contributed by atoms with van der Waals surface area (Å²) in [4.78, 5) is 16.9. The Hall–Kier alpha value is -0.770. The van der Waals surface area contributed by atoms with Crippen molar-refractivity contribution in [1.29, 1.82) is 0 Å². The van der Waals surface area contributed by atoms with Gasteiger partial charge in [0, 0.05) is 38.8 Å². The minimum Gasteiger partial charge on any atom is -0.322 e. The van der Waals surface area contributed by atoms with E-state index in [1.807, 2.05) is 4.90 Å². The summed E-state index contributed by atoms with van der Waals surface area (Å²) in [6, 6.07) is 0.864. The molecule has 4 nitrogen and oxygen atoms in total. The van der Waals surface area contributed by atoms with Crippen LogP contribution in [0.4, 0.5) is 4.79 Å². The summed E-state index contributed by atoms with van der Waals surface area (Å²) in [5.41, 5.74) is 0. The Morgan fingerprint density at radius 3 is 2.50 bits per heavy atom. The van der Waals surface area contributed by atoms with Crippen molar-refractivity contribution in [2.24, 2.45) is 5.92 Å². The highest BCUT2D eigenvalue weighted by Crippen LogP contribution is 2.35. The van der Waals surface area contributed by atoms with Crippen molar-refractivity contribution in [2.45, 2.75) is 44.6 Å². The van der Waals surface area contributed by atoms with Crippen molar-refractivity contribution in [1.82, 2.24) is 15.1 Å². The number of hydrogen-bond donors (Lipinski definition) is 1. The van der Waals surface area contributed by atoms with Crippen LogP contribution in [0.25, 0.3) is 0 Å². The standard InChI is InChI=1S/C14H25N3O/c18-14(16-10-7-15-8-11-16)17-9-3-5-12-4-1-2-6-13(12)17/h12-13,15H,1-11H2/t12-,13-/m1/s1. The maximum Gasteiger partial charge on any atom is 0.320 e. The van der Waals surface area contributed by atoms with Crippen LogP contribution >= 0.6 is 0 Å². The Kier molecular flexibility index (Phi) is 3.73. The molecule has 0 spiro atoms. The van der Waals surface area contributed by atoms with Crippen LogP contribution in [0.15, 0.2) is 0 Å². The number of carbonyl (C=O) groups excluding carboxylic acids is 1. The van der Waals surface area contributed by atoms with Crippen LogP contribution in [0.3, 0.4) is 0 Å². The Morgan fingerprint density at radius 1 is 0.944 bits per heavy atom. The minimum absolute atomic E-state index is 0.313. The molecule has 0 aromatic carbocycles. The molecule has 2 amide bonds. The lowest BCUT2D eigenvalue weighted by atomic mass is 9.78. The Balaban J connectivity index is 1.67. The predicted octanol–water partition coefficient (Wildman–Crippen LogP) is 1.67. The van der Waals surface area contributed by atoms with Crippen LogP contribution in [0.2, 0.25) is 0 Å². The molecule has 0 aromatic rings. The molecule has 1 saturated carbocycles. The molecule has 1 aliphatic carbocycles. The number of likely N-dealkylation sites (tertiary alicyclic amines) is 1. The van der Waals surface area contributed by atoms with Gasteiger partial charge >= 0.3 is 6.03 Å². The zero-order valence-corrected chi connectivity index (χ0v) is 11.2. The van der Waals surface area contributed by atoms with Crippen molar-refractivity contribution in [3.05, 3.63) is 0 Å². The third-order valence-electron chi connectivity index (χ3n) is 4.88. The number of fused-ring (bicyclic) bond motifs is 1. The molecule has 2 atom stereocenters. The summed E-state index contributed by atoms with van der Waals surface area (Å²) in [6.45, 7) is 4.66. The molecule has 3 rings (SSSR count). The lowest BCUT2D eigenvalue weighted by molar-refractivity contribution is 0.0624. The summed E-state index contributed by atoms with van der Waals surface area (Å²) >= 11 is 0. The van der Waals surface area contributed by atoms with Gasteiger partial charge in [-0.2, -0.15) is 0 Å². The topological polar surface area (TPSA) is 35.6 Å². The van der Waals surface area contributed by atoms with Crippen molar-refractivity contribution < 1.29 is 4.79 Å². The highest BCUT2D eigenvalue weighted by atomic mass is 16.2. The molecule has 2 saturated heterocycles. The van der Waals surface area contributed by atoms with Gasteiger partial charge in [-0.1, -0.05) is 12.8 Å². The second-order valence-electron chi connectivity index (χ2n) is 5.97. The highest BCUT2D eigenvalue weighted by molar-refractivity contribution is 5.75. The van der Waals surface area contributed by atoms with E-state index in [-0.39, 0.29) is 0 Å². The number of amides is 2. The first-order valence-electron chi connectivity index (χ1n) is 7.62. The van der Waals surface area contributed by atoms with E-state index in [2.05, 4.69) is 10.2 Å². The van der Waals surface area contributed by atoms with Gasteiger partial charge in [-0.3, -0.25) is 0 Å². The van der Waals surface area contributed by atoms with Crippen LogP contribution < -0.4 is 5.32 Å². The van der Waals surface area contributed by atoms with Crippen LogP contribution in [0.1, 0.15) is 38.5 Å². The number of piperazine rings is 1. The molecule has 0 bridgehead atoms. The number of nitrogens with one attached hydrogen (secondary N) is 1. The lowest BCUT2D eigenvalue weighted by Crippen LogP contribution is -2.57. The molecule has 4 heteroatoms. The molecular formula is C14H25N3O. The summed E-state index contributed by atoms with van der Waals surface area (Å²) in [7, 11) is 0. The van der Waals surface area contributed by atoms with Gasteiger partial charge in [0.15, 0.2) is 0 Å². The largest absolute Gasteiger partial charge is 0.322 e. The zero-order valence-electron chi connectivity index (χ0n) is 11.2. The molecule has 1 N–H and O–H groups in total. The van der Waals surface area contributed by atoms with Crippen LogP contribution in [0.5, 0.6) is 0 Å². The van der Waals surface area contributed by atoms with Gasteiger partial charge in [0.25, 0.3) is 0 Å². The predicted molar refractivity (Wildman–Crippen MR) is 71.5 cm³/mol. The molecular weight excluding hydrogens is 226 g/mol. The molecule has 102 valence electrons. The van der Waals surface area contributed by atoms with Gasteiger partial charge in [0.05, 0.1) is 0 Å². The molecule has 0 aromatic heterocycles. The molecule has 2 heterocycles. The zero-order chi connectivity index (χ0) is 12.4. The van der Waals surface area contributed by atoms with E-state index in [4.69, 9.17) is 0 Å². The van der Waals surface area contributed by atoms with E-state index in [1.165, 1.54) is 38.5 Å². The summed E-state index contributed by atoms with van der Waals surface area (Å²) in [5.74, 6) is 0.791. The van der Waals surface area contributed by atoms with Crippen LogP contribution in [-0.4, -0.2) is 54.6 Å². The van der Waals surface area contributed by atoms with E-state index >= 15 is 0 Å². The molecule has 0 unspecified atom stereocenters. The van der Waals surface area contributed by atoms with Gasteiger partial charge in [-0.05, 0) is 31.6 Å². The molecule has 2 aliphatic heterocycles. The van der Waals surface area contributed by atoms with Gasteiger partial charge in [-0.25, -0.2) is 4.79 Å². The van der Waals surface area contributed by atoms with E-state index in [0.717, 1.165) is 38.6 Å². The first-order valence-corrected chi connectivity index (χ1v) is 7.62. The summed E-state index contributed by atoms with van der Waals surface area (Å²) in [6.07, 6.45) is 7.82. The smallest absolute Gasteiger partial charge is 0.320 e. The molecule has 3 fully saturated rings. The van der Waals surface area contributed by atoms with E-state index in [9.17, 15) is 4.79 Å². The van der Waals surface area contributed by atoms with Gasteiger partial charge in [-0.15, -0.1) is 0 Å². The SMILES string of the molecule is O=C(N1CCNCC1)N1CCC[C@H]2CCCC[C@H]21. The monoisotopic (exact) mass is 251 g/mol. The van der Waals surface area contributed by atoms with Gasteiger partial charge in [0.2, 0.25) is 0 Å². The Labute approximate surface area is 110 Å². The first kappa shape index (κ1) is 12.3. The van der Waals surface area contributed by atoms with Crippen molar-refractivity contribution in [3.63, 3.8) is 0 Å². The number of nitrogens with zero attached hydrogens (tertiary/aromatic N) is 2. The number of carbonyl (C=O) groups is 1. The fraction of sp³-hybridized carbons (Fsp3) is 0.929. The quantitative estimate of drug-likeness (QED) is 0.711. The second kappa shape index (κ2) is 5.47. The number of rotatable bonds is 0. The van der Waals surface area contributed by atoms with Gasteiger partial charge in [0.1, 0.15) is 0 Å². The fourth-order valence-electron chi connectivity index (χ4n) is 3.90.